The molecule has 0 bridgehead atoms. The zero-order valence-corrected chi connectivity index (χ0v) is 12.3. The molecule has 0 aliphatic rings. The van der Waals surface area contributed by atoms with E-state index >= 15 is 0 Å². The van der Waals surface area contributed by atoms with E-state index in [4.69, 9.17) is 0 Å². The summed E-state index contributed by atoms with van der Waals surface area (Å²) in [4.78, 5) is 4.34. The van der Waals surface area contributed by atoms with Crippen LogP contribution >= 0.6 is 0 Å². The SMILES string of the molecule is CCCNC(CCc1ncnn1CC)CC(C)C. The molecule has 1 unspecified atom stereocenters. The van der Waals surface area contributed by atoms with Crippen molar-refractivity contribution < 1.29 is 0 Å². The van der Waals surface area contributed by atoms with Crippen LogP contribution in [-0.2, 0) is 13.0 Å². The van der Waals surface area contributed by atoms with Gasteiger partial charge in [0.05, 0.1) is 0 Å². The normalized spacial score (nSPS) is 13.2. The van der Waals surface area contributed by atoms with Crippen molar-refractivity contribution in [3.8, 4) is 0 Å². The van der Waals surface area contributed by atoms with Gasteiger partial charge in [0.2, 0.25) is 0 Å². The number of hydrogen-bond donors (Lipinski definition) is 1. The maximum atomic E-state index is 4.34. The van der Waals surface area contributed by atoms with E-state index in [9.17, 15) is 0 Å². The lowest BCUT2D eigenvalue weighted by Gasteiger charge is -2.20. The first-order valence-corrected chi connectivity index (χ1v) is 7.27. The van der Waals surface area contributed by atoms with E-state index in [1.165, 1.54) is 12.8 Å². The van der Waals surface area contributed by atoms with Gasteiger partial charge in [0.15, 0.2) is 0 Å². The molecule has 4 nitrogen and oxygen atoms in total. The summed E-state index contributed by atoms with van der Waals surface area (Å²) in [7, 11) is 0. The lowest BCUT2D eigenvalue weighted by atomic mass is 9.99. The zero-order valence-electron chi connectivity index (χ0n) is 12.3. The van der Waals surface area contributed by atoms with Gasteiger partial charge in [0.1, 0.15) is 12.2 Å². The van der Waals surface area contributed by atoms with E-state index in [2.05, 4.69) is 43.1 Å². The van der Waals surface area contributed by atoms with Crippen LogP contribution in [0.2, 0.25) is 0 Å². The highest BCUT2D eigenvalue weighted by Crippen LogP contribution is 2.11. The Morgan fingerprint density at radius 3 is 2.72 bits per heavy atom. The number of nitrogens with one attached hydrogen (secondary N) is 1. The molecule has 0 amide bonds. The Labute approximate surface area is 111 Å². The van der Waals surface area contributed by atoms with Gasteiger partial charge < -0.3 is 5.32 Å². The molecule has 4 heteroatoms. The fraction of sp³-hybridized carbons (Fsp3) is 0.857. The second kappa shape index (κ2) is 8.25. The van der Waals surface area contributed by atoms with Gasteiger partial charge in [-0.2, -0.15) is 5.10 Å². The molecular weight excluding hydrogens is 224 g/mol. The van der Waals surface area contributed by atoms with Crippen molar-refractivity contribution in [1.82, 2.24) is 20.1 Å². The Bertz CT molecular complexity index is 319. The summed E-state index contributed by atoms with van der Waals surface area (Å²) in [5.74, 6) is 1.85. The number of hydrogen-bond acceptors (Lipinski definition) is 3. The Kier molecular flexibility index (Phi) is 6.94. The van der Waals surface area contributed by atoms with E-state index in [1.807, 2.05) is 4.68 Å². The van der Waals surface area contributed by atoms with Gasteiger partial charge in [-0.15, -0.1) is 0 Å². The molecule has 1 aromatic rings. The topological polar surface area (TPSA) is 42.7 Å². The van der Waals surface area contributed by atoms with Gasteiger partial charge in [-0.05, 0) is 38.6 Å². The fourth-order valence-electron chi connectivity index (χ4n) is 2.27. The van der Waals surface area contributed by atoms with Crippen LogP contribution in [0.5, 0.6) is 0 Å². The molecule has 0 saturated heterocycles. The summed E-state index contributed by atoms with van der Waals surface area (Å²) in [5.41, 5.74) is 0. The first kappa shape index (κ1) is 15.2. The predicted molar refractivity (Wildman–Crippen MR) is 75.6 cm³/mol. The second-order valence-corrected chi connectivity index (χ2v) is 5.31. The van der Waals surface area contributed by atoms with E-state index < -0.39 is 0 Å². The molecule has 1 atom stereocenters. The first-order chi connectivity index (χ1) is 8.67. The number of aryl methyl sites for hydroxylation is 2. The summed E-state index contributed by atoms with van der Waals surface area (Å²) >= 11 is 0. The molecule has 1 rings (SSSR count). The second-order valence-electron chi connectivity index (χ2n) is 5.31. The molecule has 18 heavy (non-hydrogen) atoms. The highest BCUT2D eigenvalue weighted by molar-refractivity contribution is 4.86. The lowest BCUT2D eigenvalue weighted by Crippen LogP contribution is -2.31. The smallest absolute Gasteiger partial charge is 0.138 e. The van der Waals surface area contributed by atoms with Crippen LogP contribution in [0, 0.1) is 5.92 Å². The molecule has 0 saturated carbocycles. The maximum absolute atomic E-state index is 4.34. The van der Waals surface area contributed by atoms with Crippen molar-refractivity contribution in [2.75, 3.05) is 6.54 Å². The molecule has 0 aromatic carbocycles. The van der Waals surface area contributed by atoms with Gasteiger partial charge in [0, 0.05) is 19.0 Å². The monoisotopic (exact) mass is 252 g/mol. The number of aromatic nitrogens is 3. The largest absolute Gasteiger partial charge is 0.314 e. The molecule has 0 radical (unpaired) electrons. The van der Waals surface area contributed by atoms with Crippen molar-refractivity contribution in [3.05, 3.63) is 12.2 Å². The lowest BCUT2D eigenvalue weighted by molar-refractivity contribution is 0.393. The Morgan fingerprint density at radius 2 is 2.11 bits per heavy atom. The van der Waals surface area contributed by atoms with Crippen molar-refractivity contribution >= 4 is 0 Å². The molecule has 0 spiro atoms. The predicted octanol–water partition coefficient (Wildman–Crippen LogP) is 2.64. The van der Waals surface area contributed by atoms with Crippen LogP contribution in [0.4, 0.5) is 0 Å². The van der Waals surface area contributed by atoms with E-state index in [1.54, 1.807) is 6.33 Å². The van der Waals surface area contributed by atoms with Crippen molar-refractivity contribution in [2.24, 2.45) is 5.92 Å². The number of nitrogens with zero attached hydrogens (tertiary/aromatic N) is 3. The van der Waals surface area contributed by atoms with Gasteiger partial charge in [0.25, 0.3) is 0 Å². The molecule has 1 heterocycles. The van der Waals surface area contributed by atoms with Gasteiger partial charge in [-0.3, -0.25) is 4.68 Å². The standard InChI is InChI=1S/C14H28N4/c1-5-9-15-13(10-12(3)4)7-8-14-16-11-17-18(14)6-2/h11-13,15H,5-10H2,1-4H3. The van der Waals surface area contributed by atoms with Gasteiger partial charge in [-0.25, -0.2) is 4.98 Å². The van der Waals surface area contributed by atoms with Crippen LogP contribution in [0.15, 0.2) is 6.33 Å². The first-order valence-electron chi connectivity index (χ1n) is 7.27. The average Bonchev–Trinajstić information content (AvgIpc) is 2.79. The minimum Gasteiger partial charge on any atom is -0.314 e. The summed E-state index contributed by atoms with van der Waals surface area (Å²) in [5, 5.41) is 7.86. The third-order valence-electron chi connectivity index (χ3n) is 3.15. The highest BCUT2D eigenvalue weighted by Gasteiger charge is 2.12. The molecule has 1 aromatic heterocycles. The van der Waals surface area contributed by atoms with Gasteiger partial charge >= 0.3 is 0 Å². The Balaban J connectivity index is 2.45. The highest BCUT2D eigenvalue weighted by atomic mass is 15.3. The maximum Gasteiger partial charge on any atom is 0.138 e. The van der Waals surface area contributed by atoms with E-state index in [-0.39, 0.29) is 0 Å². The average molecular weight is 252 g/mol. The minimum absolute atomic E-state index is 0.604. The minimum atomic E-state index is 0.604. The fourth-order valence-corrected chi connectivity index (χ4v) is 2.27. The van der Waals surface area contributed by atoms with Crippen LogP contribution in [-0.4, -0.2) is 27.4 Å². The van der Waals surface area contributed by atoms with E-state index in [0.29, 0.717) is 6.04 Å². The van der Waals surface area contributed by atoms with Crippen molar-refractivity contribution in [2.45, 2.75) is 66.0 Å². The summed E-state index contributed by atoms with van der Waals surface area (Å²) in [6.07, 6.45) is 6.26. The van der Waals surface area contributed by atoms with Gasteiger partial charge in [-0.1, -0.05) is 20.8 Å². The quantitative estimate of drug-likeness (QED) is 0.734. The Hall–Kier alpha value is -0.900. The summed E-state index contributed by atoms with van der Waals surface area (Å²) in [6, 6.07) is 0.604. The third-order valence-corrected chi connectivity index (χ3v) is 3.15. The van der Waals surface area contributed by atoms with E-state index in [0.717, 1.165) is 37.7 Å². The summed E-state index contributed by atoms with van der Waals surface area (Å²) in [6.45, 7) is 10.9. The van der Waals surface area contributed by atoms with Crippen molar-refractivity contribution in [3.63, 3.8) is 0 Å². The molecule has 104 valence electrons. The van der Waals surface area contributed by atoms with Crippen LogP contribution in [0.1, 0.15) is 52.8 Å². The van der Waals surface area contributed by atoms with Crippen LogP contribution in [0.3, 0.4) is 0 Å². The van der Waals surface area contributed by atoms with Crippen LogP contribution in [0.25, 0.3) is 0 Å². The Morgan fingerprint density at radius 1 is 1.33 bits per heavy atom. The molecular formula is C14H28N4. The third kappa shape index (κ3) is 5.17. The zero-order chi connectivity index (χ0) is 13.4. The molecule has 0 aliphatic heterocycles. The van der Waals surface area contributed by atoms with Crippen molar-refractivity contribution in [1.29, 1.82) is 0 Å². The number of rotatable bonds is 9. The molecule has 0 aliphatic carbocycles. The molecule has 0 fully saturated rings. The summed E-state index contributed by atoms with van der Waals surface area (Å²) < 4.78 is 1.99. The van der Waals surface area contributed by atoms with Crippen LogP contribution < -0.4 is 5.32 Å². The molecule has 1 N–H and O–H groups in total.